The fourth-order valence-corrected chi connectivity index (χ4v) is 8.10. The van der Waals surface area contributed by atoms with Gasteiger partial charge in [-0.3, -0.25) is 9.59 Å². The summed E-state index contributed by atoms with van der Waals surface area (Å²) in [5.74, 6) is 2.44. The van der Waals surface area contributed by atoms with Crippen molar-refractivity contribution in [3.63, 3.8) is 0 Å². The molecule has 0 aromatic carbocycles. The molecule has 5 aliphatic rings. The van der Waals surface area contributed by atoms with Crippen molar-refractivity contribution in [1.82, 2.24) is 0 Å². The molecule has 6 heteroatoms. The maximum atomic E-state index is 13.3. The van der Waals surface area contributed by atoms with Gasteiger partial charge in [-0.1, -0.05) is 12.5 Å². The minimum atomic E-state index is -1.13. The number of hydrogen-bond donors (Lipinski definition) is 1. The second-order valence-corrected chi connectivity index (χ2v) is 10.4. The molecule has 3 unspecified atom stereocenters. The largest absolute Gasteiger partial charge is 0.464 e. The maximum Gasteiger partial charge on any atom is 0.218 e. The Morgan fingerprint density at radius 1 is 1.23 bits per heavy atom. The van der Waals surface area contributed by atoms with Crippen molar-refractivity contribution < 1.29 is 28.6 Å². The van der Waals surface area contributed by atoms with Crippen LogP contribution >= 0.6 is 0 Å². The number of ether oxygens (including phenoxy) is 2. The van der Waals surface area contributed by atoms with E-state index in [1.54, 1.807) is 18.4 Å². The Labute approximate surface area is 182 Å². The molecule has 6 nitrogen and oxygen atoms in total. The Morgan fingerprint density at radius 2 is 2.10 bits per heavy atom. The van der Waals surface area contributed by atoms with Crippen LogP contribution in [0.3, 0.4) is 0 Å². The Bertz CT molecular complexity index is 934. The molecular weight excluding hydrogens is 396 g/mol. The molecule has 3 saturated carbocycles. The average Bonchev–Trinajstić information content (AvgIpc) is 3.47. The molecule has 166 valence electrons. The summed E-state index contributed by atoms with van der Waals surface area (Å²) in [5, 5.41) is 9.92. The molecule has 8 atom stereocenters. The van der Waals surface area contributed by atoms with Crippen LogP contribution in [0.15, 0.2) is 34.5 Å². The molecule has 0 bridgehead atoms. The summed E-state index contributed by atoms with van der Waals surface area (Å²) in [7, 11) is 0. The van der Waals surface area contributed by atoms with Crippen LogP contribution in [0.25, 0.3) is 0 Å². The zero-order valence-electron chi connectivity index (χ0n) is 17.9. The fraction of sp³-hybridized carbons (Fsp3) is 0.680. The second kappa shape index (κ2) is 6.87. The molecule has 31 heavy (non-hydrogen) atoms. The monoisotopic (exact) mass is 426 g/mol. The van der Waals surface area contributed by atoms with E-state index in [1.807, 2.05) is 6.08 Å². The third kappa shape index (κ3) is 2.55. The lowest BCUT2D eigenvalue weighted by molar-refractivity contribution is -0.188. The summed E-state index contributed by atoms with van der Waals surface area (Å²) in [6.07, 6.45) is 8.72. The molecule has 1 N–H and O–H groups in total. The molecule has 1 aromatic heterocycles. The number of ketones is 2. The molecular formula is C25H30O6. The first kappa shape index (κ1) is 19.9. The van der Waals surface area contributed by atoms with E-state index in [9.17, 15) is 14.7 Å². The Morgan fingerprint density at radius 3 is 2.87 bits per heavy atom. The Kier molecular flexibility index (Phi) is 4.41. The first-order valence-electron chi connectivity index (χ1n) is 11.7. The minimum Gasteiger partial charge on any atom is -0.464 e. The van der Waals surface area contributed by atoms with Gasteiger partial charge >= 0.3 is 0 Å². The van der Waals surface area contributed by atoms with Crippen LogP contribution in [0.2, 0.25) is 0 Å². The Balaban J connectivity index is 1.35. The highest BCUT2D eigenvalue weighted by Gasteiger charge is 2.74. The van der Waals surface area contributed by atoms with Gasteiger partial charge in [0, 0.05) is 11.8 Å². The lowest BCUT2D eigenvalue weighted by Crippen LogP contribution is -2.59. The van der Waals surface area contributed by atoms with Crippen LogP contribution in [0, 0.1) is 29.1 Å². The van der Waals surface area contributed by atoms with E-state index in [1.165, 1.54) is 5.57 Å². The van der Waals surface area contributed by atoms with Crippen molar-refractivity contribution in [2.45, 2.75) is 69.9 Å². The van der Waals surface area contributed by atoms with Crippen molar-refractivity contribution in [2.75, 3.05) is 6.61 Å². The summed E-state index contributed by atoms with van der Waals surface area (Å²) in [6.45, 7) is 1.64. The van der Waals surface area contributed by atoms with E-state index in [0.29, 0.717) is 35.9 Å². The standard InChI is InChI=1S/C25H30O6/c1-24-9-8-17-16-7-5-15(27)11-14(16)4-6-18(17)19(24)12-22-25(24,21(28)13-26)31-23(30-22)20-3-2-10-29-20/h2-3,10-11,16-19,22-23,26H,4-9,12-13H2,1H3/t16-,17?,18?,19?,22+,23+,24-,25+/m0/s1. The number of furan rings is 1. The normalized spacial score (nSPS) is 46.0. The smallest absolute Gasteiger partial charge is 0.218 e. The van der Waals surface area contributed by atoms with E-state index in [-0.39, 0.29) is 23.1 Å². The number of carbonyl (C=O) groups is 2. The molecule has 4 fully saturated rings. The highest BCUT2D eigenvalue weighted by atomic mass is 16.8. The highest BCUT2D eigenvalue weighted by molar-refractivity contribution is 5.92. The third-order valence-corrected chi connectivity index (χ3v) is 9.37. The number of fused-ring (bicyclic) bond motifs is 7. The van der Waals surface area contributed by atoms with Gasteiger partial charge in [0.15, 0.2) is 22.9 Å². The quantitative estimate of drug-likeness (QED) is 0.792. The van der Waals surface area contributed by atoms with Crippen LogP contribution in [-0.4, -0.2) is 35.0 Å². The predicted molar refractivity (Wildman–Crippen MR) is 110 cm³/mol. The molecule has 6 rings (SSSR count). The van der Waals surface area contributed by atoms with Gasteiger partial charge in [-0.2, -0.15) is 0 Å². The van der Waals surface area contributed by atoms with Gasteiger partial charge in [0.05, 0.1) is 12.4 Å². The van der Waals surface area contributed by atoms with Gasteiger partial charge in [0.2, 0.25) is 6.29 Å². The molecule has 0 radical (unpaired) electrons. The average molecular weight is 427 g/mol. The zero-order chi connectivity index (χ0) is 21.4. The molecule has 1 saturated heterocycles. The van der Waals surface area contributed by atoms with Gasteiger partial charge in [-0.25, -0.2) is 0 Å². The first-order valence-corrected chi connectivity index (χ1v) is 11.7. The van der Waals surface area contributed by atoms with Crippen LogP contribution in [-0.2, 0) is 19.1 Å². The number of rotatable bonds is 3. The SMILES string of the molecule is C[C@]12CCC3C(CCC4=CC(=O)CC[C@@H]43)C1C[C@H]1O[C@@H](c3ccco3)O[C@]12C(=O)CO. The van der Waals surface area contributed by atoms with E-state index in [2.05, 4.69) is 6.92 Å². The Hall–Kier alpha value is -1.76. The van der Waals surface area contributed by atoms with Crippen molar-refractivity contribution in [2.24, 2.45) is 29.1 Å². The van der Waals surface area contributed by atoms with Gasteiger partial charge < -0.3 is 19.0 Å². The van der Waals surface area contributed by atoms with Crippen molar-refractivity contribution in [1.29, 1.82) is 0 Å². The lowest BCUT2D eigenvalue weighted by Gasteiger charge is -2.55. The van der Waals surface area contributed by atoms with Crippen molar-refractivity contribution in [3.05, 3.63) is 35.8 Å². The lowest BCUT2D eigenvalue weighted by atomic mass is 9.50. The van der Waals surface area contributed by atoms with Crippen LogP contribution < -0.4 is 0 Å². The molecule has 1 aliphatic heterocycles. The summed E-state index contributed by atoms with van der Waals surface area (Å²) >= 11 is 0. The van der Waals surface area contributed by atoms with Gasteiger partial charge in [0.1, 0.15) is 6.61 Å². The van der Waals surface area contributed by atoms with Crippen LogP contribution in [0.5, 0.6) is 0 Å². The second-order valence-electron chi connectivity index (χ2n) is 10.4. The van der Waals surface area contributed by atoms with Crippen LogP contribution in [0.4, 0.5) is 0 Å². The summed E-state index contributed by atoms with van der Waals surface area (Å²) in [4.78, 5) is 25.2. The molecule has 2 heterocycles. The van der Waals surface area contributed by atoms with E-state index in [0.717, 1.165) is 38.5 Å². The third-order valence-electron chi connectivity index (χ3n) is 9.37. The van der Waals surface area contributed by atoms with Gasteiger partial charge in [-0.15, -0.1) is 0 Å². The topological polar surface area (TPSA) is 86.0 Å². The van der Waals surface area contributed by atoms with Crippen LogP contribution in [0.1, 0.15) is 63.9 Å². The number of hydrogen-bond acceptors (Lipinski definition) is 6. The molecule has 0 spiro atoms. The predicted octanol–water partition coefficient (Wildman–Crippen LogP) is 3.75. The number of aliphatic hydroxyl groups is 1. The fourth-order valence-electron chi connectivity index (χ4n) is 8.10. The van der Waals surface area contributed by atoms with E-state index >= 15 is 0 Å². The first-order chi connectivity index (χ1) is 15.0. The number of allylic oxidation sites excluding steroid dienone is 1. The van der Waals surface area contributed by atoms with Crippen molar-refractivity contribution in [3.8, 4) is 0 Å². The minimum absolute atomic E-state index is 0.269. The van der Waals surface area contributed by atoms with Crippen molar-refractivity contribution >= 4 is 11.6 Å². The molecule has 4 aliphatic carbocycles. The molecule has 1 aromatic rings. The van der Waals surface area contributed by atoms with E-state index in [4.69, 9.17) is 13.9 Å². The van der Waals surface area contributed by atoms with Gasteiger partial charge in [-0.05, 0) is 80.4 Å². The maximum absolute atomic E-state index is 13.3. The number of carbonyl (C=O) groups excluding carboxylic acids is 2. The summed E-state index contributed by atoms with van der Waals surface area (Å²) < 4.78 is 18.3. The van der Waals surface area contributed by atoms with E-state index < -0.39 is 18.5 Å². The number of aliphatic hydroxyl groups excluding tert-OH is 1. The zero-order valence-corrected chi connectivity index (χ0v) is 17.9. The van der Waals surface area contributed by atoms with Gasteiger partial charge in [0.25, 0.3) is 0 Å². The summed E-state index contributed by atoms with van der Waals surface area (Å²) in [5.41, 5.74) is -0.162. The molecule has 0 amide bonds. The summed E-state index contributed by atoms with van der Waals surface area (Å²) in [6, 6.07) is 3.59. The highest BCUT2D eigenvalue weighted by Crippen LogP contribution is 2.69. The number of Topliss-reactive ketones (excluding diaryl/α,β-unsaturated/α-hetero) is 1.